The first-order valence-electron chi connectivity index (χ1n) is 8.19. The molecule has 0 spiro atoms. The molecule has 0 radical (unpaired) electrons. The highest BCUT2D eigenvalue weighted by atomic mass is 32.2. The monoisotopic (exact) mass is 378 g/mol. The molecule has 0 aromatic heterocycles. The number of nitrogens with one attached hydrogen (secondary N) is 1. The van der Waals surface area contributed by atoms with Crippen LogP contribution in [0.3, 0.4) is 0 Å². The molecule has 0 saturated carbocycles. The Kier molecular flexibility index (Phi) is 6.33. The van der Waals surface area contributed by atoms with E-state index in [1.807, 2.05) is 24.3 Å². The van der Waals surface area contributed by atoms with Gasteiger partial charge in [-0.15, -0.1) is 0 Å². The zero-order valence-corrected chi connectivity index (χ0v) is 15.7. The zero-order chi connectivity index (χ0) is 19.3. The Bertz CT molecular complexity index is 894. The van der Waals surface area contributed by atoms with Crippen molar-refractivity contribution in [3.8, 4) is 5.75 Å². The van der Waals surface area contributed by atoms with Crippen LogP contribution >= 0.6 is 0 Å². The SMILES string of the molecule is Cc1ccc(S(=O)(=O)NCCOc2ccccc2C(C)C)cc1[N+](=O)[O-]. The van der Waals surface area contributed by atoms with Crippen LogP contribution in [0.5, 0.6) is 5.75 Å². The van der Waals surface area contributed by atoms with Crippen molar-refractivity contribution in [2.45, 2.75) is 31.6 Å². The summed E-state index contributed by atoms with van der Waals surface area (Å²) in [4.78, 5) is 10.2. The number of nitrogens with zero attached hydrogens (tertiary/aromatic N) is 1. The Balaban J connectivity index is 2.01. The Labute approximate surface area is 153 Å². The van der Waals surface area contributed by atoms with Crippen molar-refractivity contribution in [1.29, 1.82) is 0 Å². The minimum atomic E-state index is -3.85. The summed E-state index contributed by atoms with van der Waals surface area (Å²) in [6.45, 7) is 5.86. The lowest BCUT2D eigenvalue weighted by molar-refractivity contribution is -0.385. The van der Waals surface area contributed by atoms with Gasteiger partial charge in [-0.3, -0.25) is 10.1 Å². The first-order valence-corrected chi connectivity index (χ1v) is 9.67. The van der Waals surface area contributed by atoms with Gasteiger partial charge in [0.1, 0.15) is 12.4 Å². The molecular formula is C18H22N2O5S. The van der Waals surface area contributed by atoms with Crippen LogP contribution in [-0.2, 0) is 10.0 Å². The Hall–Kier alpha value is -2.45. The number of para-hydroxylation sites is 1. The average molecular weight is 378 g/mol. The quantitative estimate of drug-likeness (QED) is 0.431. The topological polar surface area (TPSA) is 98.5 Å². The van der Waals surface area contributed by atoms with E-state index < -0.39 is 14.9 Å². The van der Waals surface area contributed by atoms with Crippen LogP contribution in [0, 0.1) is 17.0 Å². The van der Waals surface area contributed by atoms with Gasteiger partial charge in [-0.25, -0.2) is 13.1 Å². The predicted molar refractivity (Wildman–Crippen MR) is 99.0 cm³/mol. The number of sulfonamides is 1. The smallest absolute Gasteiger partial charge is 0.273 e. The third-order valence-corrected chi connectivity index (χ3v) is 5.34. The number of nitro groups is 1. The fourth-order valence-corrected chi connectivity index (χ4v) is 3.50. The van der Waals surface area contributed by atoms with Gasteiger partial charge in [0.25, 0.3) is 5.69 Å². The van der Waals surface area contributed by atoms with Crippen LogP contribution < -0.4 is 9.46 Å². The molecular weight excluding hydrogens is 356 g/mol. The van der Waals surface area contributed by atoms with E-state index in [1.165, 1.54) is 12.1 Å². The van der Waals surface area contributed by atoms with Crippen molar-refractivity contribution >= 4 is 15.7 Å². The van der Waals surface area contributed by atoms with Gasteiger partial charge < -0.3 is 4.74 Å². The second-order valence-corrected chi connectivity index (χ2v) is 7.91. The minimum Gasteiger partial charge on any atom is -0.492 e. The van der Waals surface area contributed by atoms with E-state index in [-0.39, 0.29) is 29.7 Å². The average Bonchev–Trinajstić information content (AvgIpc) is 2.59. The van der Waals surface area contributed by atoms with E-state index in [2.05, 4.69) is 18.6 Å². The maximum absolute atomic E-state index is 12.3. The Morgan fingerprint density at radius 2 is 1.88 bits per heavy atom. The molecule has 0 amide bonds. The standard InChI is InChI=1S/C18H22N2O5S/c1-13(2)16-6-4-5-7-18(16)25-11-10-19-26(23,24)15-9-8-14(3)17(12-15)20(21)22/h4-9,12-13,19H,10-11H2,1-3H3. The van der Waals surface area contributed by atoms with Gasteiger partial charge in [-0.1, -0.05) is 38.1 Å². The summed E-state index contributed by atoms with van der Waals surface area (Å²) in [7, 11) is -3.85. The van der Waals surface area contributed by atoms with Crippen molar-refractivity contribution in [2.75, 3.05) is 13.2 Å². The number of ether oxygens (including phenoxy) is 1. The maximum Gasteiger partial charge on any atom is 0.273 e. The van der Waals surface area contributed by atoms with Gasteiger partial charge in [-0.05, 0) is 30.5 Å². The van der Waals surface area contributed by atoms with Crippen LogP contribution in [0.2, 0.25) is 0 Å². The lowest BCUT2D eigenvalue weighted by atomic mass is 10.0. The number of hydrogen-bond acceptors (Lipinski definition) is 5. The lowest BCUT2D eigenvalue weighted by Gasteiger charge is -2.14. The van der Waals surface area contributed by atoms with Crippen LogP contribution in [0.15, 0.2) is 47.4 Å². The van der Waals surface area contributed by atoms with Gasteiger partial charge in [0.15, 0.2) is 0 Å². The van der Waals surface area contributed by atoms with Crippen LogP contribution in [0.4, 0.5) is 5.69 Å². The first-order chi connectivity index (χ1) is 12.2. The fraction of sp³-hybridized carbons (Fsp3) is 0.333. The predicted octanol–water partition coefficient (Wildman–Crippen LogP) is 3.38. The summed E-state index contributed by atoms with van der Waals surface area (Å²) < 4.78 is 32.7. The van der Waals surface area contributed by atoms with Crippen molar-refractivity contribution in [2.24, 2.45) is 0 Å². The molecule has 8 heteroatoms. The van der Waals surface area contributed by atoms with E-state index >= 15 is 0 Å². The van der Waals surface area contributed by atoms with Gasteiger partial charge >= 0.3 is 0 Å². The number of benzene rings is 2. The molecule has 2 aromatic rings. The van der Waals surface area contributed by atoms with Crippen LogP contribution in [0.1, 0.15) is 30.9 Å². The largest absolute Gasteiger partial charge is 0.492 e. The second-order valence-electron chi connectivity index (χ2n) is 6.14. The minimum absolute atomic E-state index is 0.0520. The summed E-state index contributed by atoms with van der Waals surface area (Å²) in [5, 5.41) is 11.0. The summed E-state index contributed by atoms with van der Waals surface area (Å²) in [5.41, 5.74) is 1.22. The van der Waals surface area contributed by atoms with E-state index in [1.54, 1.807) is 6.92 Å². The van der Waals surface area contributed by atoms with Gasteiger partial charge in [-0.2, -0.15) is 0 Å². The van der Waals surface area contributed by atoms with Crippen molar-refractivity contribution in [3.05, 3.63) is 63.7 Å². The molecule has 0 unspecified atom stereocenters. The molecule has 2 aromatic carbocycles. The van der Waals surface area contributed by atoms with E-state index in [0.29, 0.717) is 11.3 Å². The molecule has 7 nitrogen and oxygen atoms in total. The molecule has 0 atom stereocenters. The molecule has 0 aliphatic carbocycles. The highest BCUT2D eigenvalue weighted by Crippen LogP contribution is 2.26. The normalized spacial score (nSPS) is 11.5. The van der Waals surface area contributed by atoms with E-state index in [9.17, 15) is 18.5 Å². The molecule has 0 aliphatic rings. The van der Waals surface area contributed by atoms with Crippen LogP contribution in [-0.4, -0.2) is 26.5 Å². The van der Waals surface area contributed by atoms with Gasteiger partial charge in [0.05, 0.1) is 9.82 Å². The Morgan fingerprint density at radius 1 is 1.19 bits per heavy atom. The number of aryl methyl sites for hydroxylation is 1. The molecule has 0 bridgehead atoms. The molecule has 0 saturated heterocycles. The number of hydrogen-bond donors (Lipinski definition) is 1. The molecule has 0 heterocycles. The van der Waals surface area contributed by atoms with Crippen molar-refractivity contribution in [3.63, 3.8) is 0 Å². The highest BCUT2D eigenvalue weighted by Gasteiger charge is 2.19. The molecule has 26 heavy (non-hydrogen) atoms. The summed E-state index contributed by atoms with van der Waals surface area (Å²) in [5.74, 6) is 1.00. The second kappa shape index (κ2) is 8.29. The summed E-state index contributed by atoms with van der Waals surface area (Å²) in [6.07, 6.45) is 0. The zero-order valence-electron chi connectivity index (χ0n) is 14.9. The highest BCUT2D eigenvalue weighted by molar-refractivity contribution is 7.89. The molecule has 0 aliphatic heterocycles. The molecule has 0 fully saturated rings. The first kappa shape index (κ1) is 19.9. The molecule has 2 rings (SSSR count). The van der Waals surface area contributed by atoms with E-state index in [0.717, 1.165) is 11.6 Å². The lowest BCUT2D eigenvalue weighted by Crippen LogP contribution is -2.28. The van der Waals surface area contributed by atoms with Crippen molar-refractivity contribution in [1.82, 2.24) is 4.72 Å². The van der Waals surface area contributed by atoms with Gasteiger partial charge in [0.2, 0.25) is 10.0 Å². The van der Waals surface area contributed by atoms with E-state index in [4.69, 9.17) is 4.74 Å². The third-order valence-electron chi connectivity index (χ3n) is 3.88. The summed E-state index contributed by atoms with van der Waals surface area (Å²) >= 11 is 0. The summed E-state index contributed by atoms with van der Waals surface area (Å²) in [6, 6.07) is 11.4. The van der Waals surface area contributed by atoms with Crippen LogP contribution in [0.25, 0.3) is 0 Å². The Morgan fingerprint density at radius 3 is 2.54 bits per heavy atom. The number of nitro benzene ring substituents is 1. The molecule has 140 valence electrons. The maximum atomic E-state index is 12.3. The van der Waals surface area contributed by atoms with Gasteiger partial charge in [0, 0.05) is 18.2 Å². The molecule has 1 N–H and O–H groups in total. The fourth-order valence-electron chi connectivity index (χ4n) is 2.46. The number of rotatable bonds is 8. The van der Waals surface area contributed by atoms with Crippen molar-refractivity contribution < 1.29 is 18.1 Å². The third kappa shape index (κ3) is 4.80.